The highest BCUT2D eigenvalue weighted by Gasteiger charge is 2.42. The van der Waals surface area contributed by atoms with Gasteiger partial charge in [0.25, 0.3) is 0 Å². The molecule has 100 valence electrons. The summed E-state index contributed by atoms with van der Waals surface area (Å²) in [5.41, 5.74) is -1.12. The largest absolute Gasteiger partial charge is 0.480 e. The summed E-state index contributed by atoms with van der Waals surface area (Å²) in [5.74, 6) is 1.51. The summed E-state index contributed by atoms with van der Waals surface area (Å²) in [5, 5.41) is 14.4. The molecule has 18 heavy (non-hydrogen) atoms. The van der Waals surface area contributed by atoms with Gasteiger partial charge in [-0.05, 0) is 19.3 Å². The molecule has 1 unspecified atom stereocenters. The fourth-order valence-electron chi connectivity index (χ4n) is 2.27. The predicted octanol–water partition coefficient (Wildman–Crippen LogP) is 1.48. The maximum Gasteiger partial charge on any atom is 0.329 e. The molecule has 0 aromatic carbocycles. The number of terminal acetylenes is 1. The number of carbonyl (C=O) groups is 2. The molecule has 0 bridgehead atoms. The van der Waals surface area contributed by atoms with Crippen LogP contribution < -0.4 is 10.6 Å². The van der Waals surface area contributed by atoms with Gasteiger partial charge in [0.05, 0.1) is 6.04 Å². The molecule has 1 saturated carbocycles. The van der Waals surface area contributed by atoms with E-state index in [-0.39, 0.29) is 6.04 Å². The minimum absolute atomic E-state index is 0.345. The summed E-state index contributed by atoms with van der Waals surface area (Å²) in [7, 11) is 0. The zero-order valence-corrected chi connectivity index (χ0v) is 10.7. The van der Waals surface area contributed by atoms with Crippen LogP contribution in [0.1, 0.15) is 45.4 Å². The normalized spacial score (nSPS) is 18.7. The Bertz CT molecular complexity index is 354. The third-order valence-electron chi connectivity index (χ3n) is 3.30. The van der Waals surface area contributed by atoms with Crippen molar-refractivity contribution in [3.63, 3.8) is 0 Å². The number of hydrogen-bond donors (Lipinski definition) is 3. The van der Waals surface area contributed by atoms with E-state index in [0.29, 0.717) is 19.3 Å². The second kappa shape index (κ2) is 6.29. The van der Waals surface area contributed by atoms with E-state index in [1.807, 2.05) is 6.92 Å². The third kappa shape index (κ3) is 3.39. The first-order chi connectivity index (χ1) is 8.54. The molecule has 1 atom stereocenters. The standard InChI is InChI=1S/C13H20N2O3/c1-3-7-10(4-2)14-12(18)15-13(11(16)17)8-5-6-9-13/h2,10H,3,5-9H2,1H3,(H,16,17)(H2,14,15,18). The Hall–Kier alpha value is -1.70. The van der Waals surface area contributed by atoms with E-state index in [1.54, 1.807) is 0 Å². The number of carboxylic acids is 1. The van der Waals surface area contributed by atoms with E-state index in [9.17, 15) is 14.7 Å². The zero-order chi connectivity index (χ0) is 13.6. The first-order valence-electron chi connectivity index (χ1n) is 6.32. The molecule has 1 aliphatic rings. The van der Waals surface area contributed by atoms with Crippen LogP contribution in [0.3, 0.4) is 0 Å². The lowest BCUT2D eigenvalue weighted by Gasteiger charge is -2.26. The van der Waals surface area contributed by atoms with Gasteiger partial charge in [0.15, 0.2) is 0 Å². The number of carbonyl (C=O) groups excluding carboxylic acids is 1. The second-order valence-electron chi connectivity index (χ2n) is 4.70. The van der Waals surface area contributed by atoms with Gasteiger partial charge in [0.1, 0.15) is 5.54 Å². The molecule has 2 amide bonds. The zero-order valence-electron chi connectivity index (χ0n) is 10.7. The molecule has 0 saturated heterocycles. The molecule has 0 aromatic heterocycles. The Morgan fingerprint density at radius 2 is 2.06 bits per heavy atom. The Kier molecular flexibility index (Phi) is 5.02. The van der Waals surface area contributed by atoms with Gasteiger partial charge in [-0.3, -0.25) is 0 Å². The fourth-order valence-corrected chi connectivity index (χ4v) is 2.27. The summed E-state index contributed by atoms with van der Waals surface area (Å²) in [6.45, 7) is 1.97. The van der Waals surface area contributed by atoms with Crippen molar-refractivity contribution >= 4 is 12.0 Å². The van der Waals surface area contributed by atoms with Crippen molar-refractivity contribution in [2.75, 3.05) is 0 Å². The molecule has 3 N–H and O–H groups in total. The van der Waals surface area contributed by atoms with Gasteiger partial charge in [-0.15, -0.1) is 6.42 Å². The van der Waals surface area contributed by atoms with E-state index < -0.39 is 17.5 Å². The van der Waals surface area contributed by atoms with Crippen molar-refractivity contribution in [2.45, 2.75) is 57.0 Å². The number of urea groups is 1. The number of nitrogens with one attached hydrogen (secondary N) is 2. The minimum Gasteiger partial charge on any atom is -0.480 e. The maximum atomic E-state index is 11.8. The van der Waals surface area contributed by atoms with Crippen molar-refractivity contribution in [3.05, 3.63) is 0 Å². The van der Waals surface area contributed by atoms with Crippen LogP contribution in [0.25, 0.3) is 0 Å². The van der Waals surface area contributed by atoms with E-state index in [0.717, 1.165) is 19.3 Å². The Labute approximate surface area is 107 Å². The molecule has 5 nitrogen and oxygen atoms in total. The smallest absolute Gasteiger partial charge is 0.329 e. The number of aliphatic carboxylic acids is 1. The quantitative estimate of drug-likeness (QED) is 0.648. The van der Waals surface area contributed by atoms with Crippen LogP contribution in [0.5, 0.6) is 0 Å². The highest BCUT2D eigenvalue weighted by Crippen LogP contribution is 2.29. The SMILES string of the molecule is C#CC(CCC)NC(=O)NC1(C(=O)O)CCCC1. The minimum atomic E-state index is -1.12. The fraction of sp³-hybridized carbons (Fsp3) is 0.692. The number of amides is 2. The van der Waals surface area contributed by atoms with Crippen molar-refractivity contribution in [3.8, 4) is 12.3 Å². The van der Waals surface area contributed by atoms with Crippen LogP contribution in [0.2, 0.25) is 0 Å². The lowest BCUT2D eigenvalue weighted by molar-refractivity contribution is -0.144. The van der Waals surface area contributed by atoms with Gasteiger partial charge in [-0.1, -0.05) is 32.1 Å². The number of rotatable bonds is 5. The van der Waals surface area contributed by atoms with Crippen molar-refractivity contribution in [1.82, 2.24) is 10.6 Å². The summed E-state index contributed by atoms with van der Waals surface area (Å²) in [6, 6.07) is -0.835. The van der Waals surface area contributed by atoms with Crippen LogP contribution in [0.4, 0.5) is 4.79 Å². The summed E-state index contributed by atoms with van der Waals surface area (Å²) in [4.78, 5) is 23.0. The van der Waals surface area contributed by atoms with Crippen LogP contribution in [0.15, 0.2) is 0 Å². The molecule has 0 radical (unpaired) electrons. The van der Waals surface area contributed by atoms with Crippen LogP contribution >= 0.6 is 0 Å². The molecule has 1 rings (SSSR count). The Balaban J connectivity index is 2.57. The molecule has 1 aliphatic carbocycles. The third-order valence-corrected chi connectivity index (χ3v) is 3.30. The molecule has 0 spiro atoms. The predicted molar refractivity (Wildman–Crippen MR) is 68.0 cm³/mol. The van der Waals surface area contributed by atoms with Gasteiger partial charge in [0.2, 0.25) is 0 Å². The lowest BCUT2D eigenvalue weighted by Crippen LogP contribution is -2.56. The first kappa shape index (κ1) is 14.4. The monoisotopic (exact) mass is 252 g/mol. The molecule has 5 heteroatoms. The van der Waals surface area contributed by atoms with E-state index in [2.05, 4.69) is 16.6 Å². The molecule has 0 heterocycles. The van der Waals surface area contributed by atoms with Gasteiger partial charge in [-0.25, -0.2) is 9.59 Å². The molecular weight excluding hydrogens is 232 g/mol. The van der Waals surface area contributed by atoms with Crippen molar-refractivity contribution in [1.29, 1.82) is 0 Å². The molecular formula is C13H20N2O3. The lowest BCUT2D eigenvalue weighted by atomic mass is 9.98. The summed E-state index contributed by atoms with van der Waals surface area (Å²) >= 11 is 0. The summed E-state index contributed by atoms with van der Waals surface area (Å²) in [6.07, 6.45) is 9.44. The average molecular weight is 252 g/mol. The van der Waals surface area contributed by atoms with Gasteiger partial charge >= 0.3 is 12.0 Å². The summed E-state index contributed by atoms with van der Waals surface area (Å²) < 4.78 is 0. The molecule has 1 fully saturated rings. The number of carboxylic acid groups (broad SMARTS) is 1. The topological polar surface area (TPSA) is 78.4 Å². The van der Waals surface area contributed by atoms with Crippen LogP contribution in [-0.2, 0) is 4.79 Å². The average Bonchev–Trinajstić information content (AvgIpc) is 2.78. The van der Waals surface area contributed by atoms with Crippen molar-refractivity contribution in [2.24, 2.45) is 0 Å². The van der Waals surface area contributed by atoms with Crippen molar-refractivity contribution < 1.29 is 14.7 Å². The van der Waals surface area contributed by atoms with E-state index >= 15 is 0 Å². The van der Waals surface area contributed by atoms with Gasteiger partial charge < -0.3 is 15.7 Å². The Morgan fingerprint density at radius 1 is 1.44 bits per heavy atom. The highest BCUT2D eigenvalue weighted by atomic mass is 16.4. The van der Waals surface area contributed by atoms with E-state index in [1.165, 1.54) is 0 Å². The van der Waals surface area contributed by atoms with E-state index in [4.69, 9.17) is 6.42 Å². The molecule has 0 aromatic rings. The van der Waals surface area contributed by atoms with Crippen LogP contribution in [0, 0.1) is 12.3 Å². The second-order valence-corrected chi connectivity index (χ2v) is 4.70. The number of hydrogen-bond acceptors (Lipinski definition) is 2. The maximum absolute atomic E-state index is 11.8. The van der Waals surface area contributed by atoms with Gasteiger partial charge in [-0.2, -0.15) is 0 Å². The Morgan fingerprint density at radius 3 is 2.50 bits per heavy atom. The molecule has 0 aliphatic heterocycles. The first-order valence-corrected chi connectivity index (χ1v) is 6.32. The highest BCUT2D eigenvalue weighted by molar-refractivity contribution is 5.86. The van der Waals surface area contributed by atoms with Crippen LogP contribution in [-0.4, -0.2) is 28.7 Å². The van der Waals surface area contributed by atoms with Gasteiger partial charge in [0, 0.05) is 0 Å².